The van der Waals surface area contributed by atoms with Crippen LogP contribution in [0, 0.1) is 0 Å². The highest BCUT2D eigenvalue weighted by atomic mass is 16.1. The summed E-state index contributed by atoms with van der Waals surface area (Å²) in [4.78, 5) is 17.3. The third-order valence-corrected chi connectivity index (χ3v) is 4.42. The van der Waals surface area contributed by atoms with E-state index >= 15 is 0 Å². The normalized spacial score (nSPS) is 10.7. The molecule has 25 heavy (non-hydrogen) atoms. The lowest BCUT2D eigenvalue weighted by Gasteiger charge is -2.13. The van der Waals surface area contributed by atoms with Gasteiger partial charge in [0, 0.05) is 23.5 Å². The highest BCUT2D eigenvalue weighted by molar-refractivity contribution is 6.17. The summed E-state index contributed by atoms with van der Waals surface area (Å²) in [7, 11) is 0. The molecular weight excluding hydrogens is 306 g/mol. The molecule has 1 aromatic heterocycles. The number of nitrogens with zero attached hydrogens (tertiary/aromatic N) is 1. The van der Waals surface area contributed by atoms with Gasteiger partial charge in [0.25, 0.3) is 0 Å². The molecule has 2 nitrogen and oxygen atoms in total. The largest absolute Gasteiger partial charge is 0.289 e. The van der Waals surface area contributed by atoms with E-state index in [4.69, 9.17) is 0 Å². The van der Waals surface area contributed by atoms with Gasteiger partial charge in [0.1, 0.15) is 0 Å². The van der Waals surface area contributed by atoms with Gasteiger partial charge in [-0.1, -0.05) is 66.7 Å². The van der Waals surface area contributed by atoms with Gasteiger partial charge in [0.15, 0.2) is 5.78 Å². The predicted molar refractivity (Wildman–Crippen MR) is 101 cm³/mol. The van der Waals surface area contributed by atoms with Crippen LogP contribution in [0.25, 0.3) is 10.8 Å². The Labute approximate surface area is 146 Å². The van der Waals surface area contributed by atoms with E-state index in [1.807, 2.05) is 42.5 Å². The first-order valence-corrected chi connectivity index (χ1v) is 8.32. The van der Waals surface area contributed by atoms with Crippen LogP contribution in [0.5, 0.6) is 0 Å². The number of fused-ring (bicyclic) bond motifs is 1. The average Bonchev–Trinajstić information content (AvgIpc) is 2.69. The van der Waals surface area contributed by atoms with Gasteiger partial charge >= 0.3 is 0 Å². The Morgan fingerprint density at radius 2 is 1.48 bits per heavy atom. The molecule has 0 unspecified atom stereocenters. The third kappa shape index (κ3) is 3.07. The van der Waals surface area contributed by atoms with E-state index in [0.717, 1.165) is 28.3 Å². The fourth-order valence-electron chi connectivity index (χ4n) is 3.20. The lowest BCUT2D eigenvalue weighted by Crippen LogP contribution is -2.07. The molecule has 0 saturated carbocycles. The van der Waals surface area contributed by atoms with Gasteiger partial charge in [-0.25, -0.2) is 0 Å². The van der Waals surface area contributed by atoms with Crippen molar-refractivity contribution in [1.82, 2.24) is 4.98 Å². The van der Waals surface area contributed by atoms with Gasteiger partial charge in [-0.15, -0.1) is 0 Å². The summed E-state index contributed by atoms with van der Waals surface area (Å²) in [5.41, 5.74) is 3.70. The highest BCUT2D eigenvalue weighted by Gasteiger charge is 2.17. The summed E-state index contributed by atoms with van der Waals surface area (Å²) >= 11 is 0. The summed E-state index contributed by atoms with van der Waals surface area (Å²) < 4.78 is 0. The van der Waals surface area contributed by atoms with Crippen LogP contribution in [-0.4, -0.2) is 10.8 Å². The van der Waals surface area contributed by atoms with Gasteiger partial charge in [-0.3, -0.25) is 9.78 Å². The monoisotopic (exact) mass is 323 g/mol. The van der Waals surface area contributed by atoms with Crippen LogP contribution in [0.2, 0.25) is 0 Å². The Balaban J connectivity index is 1.89. The summed E-state index contributed by atoms with van der Waals surface area (Å²) in [6, 6.07) is 26.0. The van der Waals surface area contributed by atoms with Gasteiger partial charge < -0.3 is 0 Å². The van der Waals surface area contributed by atoms with Crippen molar-refractivity contribution in [1.29, 1.82) is 0 Å². The Bertz CT molecular complexity index is 1020. The minimum atomic E-state index is 0.0464. The zero-order valence-corrected chi connectivity index (χ0v) is 13.7. The molecule has 0 spiro atoms. The number of pyridine rings is 1. The summed E-state index contributed by atoms with van der Waals surface area (Å²) in [5.74, 6) is 0.0464. The number of rotatable bonds is 4. The van der Waals surface area contributed by atoms with Crippen LogP contribution < -0.4 is 0 Å². The third-order valence-electron chi connectivity index (χ3n) is 4.42. The zero-order valence-electron chi connectivity index (χ0n) is 13.7. The van der Waals surface area contributed by atoms with E-state index in [0.29, 0.717) is 5.56 Å². The molecule has 0 atom stereocenters. The highest BCUT2D eigenvalue weighted by Crippen LogP contribution is 2.27. The molecule has 0 bridgehead atoms. The molecule has 0 radical (unpaired) electrons. The molecule has 0 fully saturated rings. The van der Waals surface area contributed by atoms with Crippen molar-refractivity contribution in [3.8, 4) is 0 Å². The molecule has 0 aliphatic rings. The second-order valence-electron chi connectivity index (χ2n) is 6.05. The fraction of sp³-hybridized carbons (Fsp3) is 0.0435. The van der Waals surface area contributed by atoms with Crippen molar-refractivity contribution in [3.05, 3.63) is 114 Å². The van der Waals surface area contributed by atoms with E-state index in [2.05, 4.69) is 29.2 Å². The topological polar surface area (TPSA) is 30.0 Å². The smallest absolute Gasteiger partial charge is 0.194 e. The second-order valence-corrected chi connectivity index (χ2v) is 6.05. The molecule has 4 rings (SSSR count). The van der Waals surface area contributed by atoms with Gasteiger partial charge in [0.05, 0.1) is 0 Å². The molecule has 2 heteroatoms. The van der Waals surface area contributed by atoms with Gasteiger partial charge in [-0.05, 0) is 40.5 Å². The average molecular weight is 323 g/mol. The minimum Gasteiger partial charge on any atom is -0.289 e. The molecule has 0 N–H and O–H groups in total. The molecule has 0 aliphatic carbocycles. The lowest BCUT2D eigenvalue weighted by atomic mass is 9.90. The quantitative estimate of drug-likeness (QED) is 0.492. The molecular formula is C23H17NO. The van der Waals surface area contributed by atoms with Gasteiger partial charge in [-0.2, -0.15) is 0 Å². The lowest BCUT2D eigenvalue weighted by molar-refractivity contribution is 0.103. The zero-order chi connectivity index (χ0) is 17.1. The predicted octanol–water partition coefficient (Wildman–Crippen LogP) is 5.06. The molecule has 120 valence electrons. The Morgan fingerprint density at radius 1 is 0.760 bits per heavy atom. The molecule has 4 aromatic rings. The number of hydrogen-bond donors (Lipinski definition) is 0. The number of ketones is 1. The first kappa shape index (κ1) is 15.3. The summed E-state index contributed by atoms with van der Waals surface area (Å²) in [5, 5.41) is 2.08. The number of aromatic nitrogens is 1. The molecule has 0 saturated heterocycles. The number of carbonyl (C=O) groups is 1. The molecule has 3 aromatic carbocycles. The van der Waals surface area contributed by atoms with E-state index < -0.39 is 0 Å². The maximum Gasteiger partial charge on any atom is 0.194 e. The van der Waals surface area contributed by atoms with E-state index in [1.165, 1.54) is 5.56 Å². The van der Waals surface area contributed by atoms with Crippen molar-refractivity contribution in [2.75, 3.05) is 0 Å². The van der Waals surface area contributed by atoms with Crippen LogP contribution in [0.1, 0.15) is 27.0 Å². The van der Waals surface area contributed by atoms with Crippen molar-refractivity contribution in [2.24, 2.45) is 0 Å². The Morgan fingerprint density at radius 3 is 2.28 bits per heavy atom. The molecule has 0 amide bonds. The van der Waals surface area contributed by atoms with Crippen LogP contribution in [0.3, 0.4) is 0 Å². The number of hydrogen-bond acceptors (Lipinski definition) is 2. The number of benzene rings is 3. The first-order valence-electron chi connectivity index (χ1n) is 8.32. The molecule has 0 aliphatic heterocycles. The first-order chi connectivity index (χ1) is 12.3. The van der Waals surface area contributed by atoms with E-state index in [-0.39, 0.29) is 5.78 Å². The van der Waals surface area contributed by atoms with Gasteiger partial charge in [0.2, 0.25) is 0 Å². The van der Waals surface area contributed by atoms with E-state index in [1.54, 1.807) is 24.5 Å². The maximum atomic E-state index is 13.2. The Hall–Kier alpha value is -3.26. The van der Waals surface area contributed by atoms with Crippen LogP contribution in [0.4, 0.5) is 0 Å². The van der Waals surface area contributed by atoms with Crippen molar-refractivity contribution < 1.29 is 4.79 Å². The summed E-state index contributed by atoms with van der Waals surface area (Å²) in [6.07, 6.45) is 4.06. The minimum absolute atomic E-state index is 0.0464. The van der Waals surface area contributed by atoms with Crippen molar-refractivity contribution >= 4 is 16.6 Å². The van der Waals surface area contributed by atoms with Crippen LogP contribution in [0.15, 0.2) is 91.3 Å². The van der Waals surface area contributed by atoms with Crippen molar-refractivity contribution in [2.45, 2.75) is 6.42 Å². The maximum absolute atomic E-state index is 13.2. The number of carbonyl (C=O) groups excluding carboxylic acids is 1. The van der Waals surface area contributed by atoms with E-state index in [9.17, 15) is 4.79 Å². The summed E-state index contributed by atoms with van der Waals surface area (Å²) in [6.45, 7) is 0. The van der Waals surface area contributed by atoms with Crippen LogP contribution >= 0.6 is 0 Å². The van der Waals surface area contributed by atoms with Crippen LogP contribution in [-0.2, 0) is 6.42 Å². The molecule has 1 heterocycles. The van der Waals surface area contributed by atoms with Crippen molar-refractivity contribution in [3.63, 3.8) is 0 Å². The standard InChI is InChI=1S/C23H17NO/c25-23(19-12-14-24-15-13-19)22-20(16-17-6-2-1-3-7-17)11-10-18-8-4-5-9-21(18)22/h1-15H,16H2. The Kier molecular flexibility index (Phi) is 4.09. The fourth-order valence-corrected chi connectivity index (χ4v) is 3.20. The second kappa shape index (κ2) is 6.70. The SMILES string of the molecule is O=C(c1ccncc1)c1c(Cc2ccccc2)ccc2ccccc12.